The molecule has 0 aromatic heterocycles. The third-order valence-electron chi connectivity index (χ3n) is 2.97. The topological polar surface area (TPSA) is 18.5 Å². The number of nitrogens with one attached hydrogen (secondary N) is 1. The van der Waals surface area contributed by atoms with Crippen molar-refractivity contribution >= 4 is 0 Å². The van der Waals surface area contributed by atoms with Crippen LogP contribution < -0.4 is 5.32 Å². The van der Waals surface area contributed by atoms with E-state index in [0.29, 0.717) is 0 Å². The Morgan fingerprint density at radius 3 is 2.53 bits per heavy atom. The van der Waals surface area contributed by atoms with Crippen molar-refractivity contribution in [1.82, 2.24) is 15.1 Å². The van der Waals surface area contributed by atoms with Gasteiger partial charge in [-0.2, -0.15) is 0 Å². The zero-order valence-corrected chi connectivity index (χ0v) is 10.6. The van der Waals surface area contributed by atoms with E-state index in [2.05, 4.69) is 36.0 Å². The Bertz CT molecular complexity index is 153. The molecular formula is C12H27N3. The molecule has 1 saturated heterocycles. The zero-order valence-electron chi connectivity index (χ0n) is 10.6. The lowest BCUT2D eigenvalue weighted by molar-refractivity contribution is 0.137. The summed E-state index contributed by atoms with van der Waals surface area (Å²) in [4.78, 5) is 4.99. The number of rotatable bonds is 6. The maximum absolute atomic E-state index is 3.39. The van der Waals surface area contributed by atoms with Crippen LogP contribution in [-0.4, -0.2) is 56.2 Å². The average Bonchev–Trinajstić information content (AvgIpc) is 2.18. The summed E-state index contributed by atoms with van der Waals surface area (Å²) >= 11 is 0. The van der Waals surface area contributed by atoms with Gasteiger partial charge in [0, 0.05) is 26.2 Å². The molecule has 3 nitrogen and oxygen atoms in total. The summed E-state index contributed by atoms with van der Waals surface area (Å²) in [6.07, 6.45) is 2.69. The van der Waals surface area contributed by atoms with E-state index in [-0.39, 0.29) is 0 Å². The van der Waals surface area contributed by atoms with Crippen LogP contribution in [0.3, 0.4) is 0 Å². The number of hydrogen-bond acceptors (Lipinski definition) is 3. The Labute approximate surface area is 94.8 Å². The molecule has 0 radical (unpaired) electrons. The molecule has 0 aromatic carbocycles. The molecule has 3 heteroatoms. The fourth-order valence-electron chi connectivity index (χ4n) is 2.03. The van der Waals surface area contributed by atoms with Crippen LogP contribution in [0, 0.1) is 5.92 Å². The van der Waals surface area contributed by atoms with Crippen LogP contribution in [0.15, 0.2) is 0 Å². The molecule has 1 aliphatic heterocycles. The van der Waals surface area contributed by atoms with Gasteiger partial charge in [-0.05, 0) is 32.4 Å². The Kier molecular flexibility index (Phi) is 6.22. The van der Waals surface area contributed by atoms with E-state index in [9.17, 15) is 0 Å². The minimum Gasteiger partial charge on any atom is -0.314 e. The van der Waals surface area contributed by atoms with E-state index < -0.39 is 0 Å². The van der Waals surface area contributed by atoms with Crippen molar-refractivity contribution < 1.29 is 0 Å². The van der Waals surface area contributed by atoms with Crippen molar-refractivity contribution in [2.24, 2.45) is 5.92 Å². The first-order valence-corrected chi connectivity index (χ1v) is 6.30. The van der Waals surface area contributed by atoms with Gasteiger partial charge in [0.05, 0.1) is 6.67 Å². The van der Waals surface area contributed by atoms with Gasteiger partial charge in [0.2, 0.25) is 0 Å². The van der Waals surface area contributed by atoms with Crippen molar-refractivity contribution in [3.05, 3.63) is 0 Å². The van der Waals surface area contributed by atoms with Gasteiger partial charge in [-0.1, -0.05) is 13.8 Å². The molecule has 15 heavy (non-hydrogen) atoms. The summed E-state index contributed by atoms with van der Waals surface area (Å²) in [6, 6.07) is 0. The van der Waals surface area contributed by atoms with Crippen LogP contribution in [0.5, 0.6) is 0 Å². The van der Waals surface area contributed by atoms with Crippen LogP contribution in [0.4, 0.5) is 0 Å². The van der Waals surface area contributed by atoms with Gasteiger partial charge in [0.25, 0.3) is 0 Å². The molecule has 0 aromatic rings. The first-order chi connectivity index (χ1) is 7.18. The lowest BCUT2D eigenvalue weighted by Gasteiger charge is -2.31. The highest BCUT2D eigenvalue weighted by Gasteiger charge is 2.10. The van der Waals surface area contributed by atoms with Gasteiger partial charge >= 0.3 is 0 Å². The summed E-state index contributed by atoms with van der Waals surface area (Å²) in [6.45, 7) is 11.7. The monoisotopic (exact) mass is 213 g/mol. The van der Waals surface area contributed by atoms with Gasteiger partial charge in [0.1, 0.15) is 0 Å². The summed E-state index contributed by atoms with van der Waals surface area (Å²) in [7, 11) is 2.24. The highest BCUT2D eigenvalue weighted by Crippen LogP contribution is 2.04. The lowest BCUT2D eigenvalue weighted by atomic mass is 10.1. The minimum atomic E-state index is 0.845. The molecule has 0 bridgehead atoms. The summed E-state index contributed by atoms with van der Waals surface area (Å²) in [5.74, 6) is 0.845. The van der Waals surface area contributed by atoms with Gasteiger partial charge in [0.15, 0.2) is 0 Å². The molecule has 1 heterocycles. The molecule has 1 aliphatic rings. The number of nitrogens with zero attached hydrogens (tertiary/aromatic N) is 2. The van der Waals surface area contributed by atoms with Gasteiger partial charge in [-0.25, -0.2) is 0 Å². The number of piperazine rings is 1. The smallest absolute Gasteiger partial charge is 0.0504 e. The van der Waals surface area contributed by atoms with Gasteiger partial charge in [-0.15, -0.1) is 0 Å². The molecule has 0 amide bonds. The second-order valence-electron chi connectivity index (χ2n) is 5.13. The Hall–Kier alpha value is -0.120. The van der Waals surface area contributed by atoms with Crippen molar-refractivity contribution in [2.75, 3.05) is 46.4 Å². The minimum absolute atomic E-state index is 0.845. The van der Waals surface area contributed by atoms with Gasteiger partial charge in [-0.3, -0.25) is 9.80 Å². The third kappa shape index (κ3) is 6.13. The van der Waals surface area contributed by atoms with E-state index in [1.54, 1.807) is 0 Å². The largest absolute Gasteiger partial charge is 0.314 e. The second-order valence-corrected chi connectivity index (χ2v) is 5.13. The highest BCUT2D eigenvalue weighted by molar-refractivity contribution is 4.67. The first kappa shape index (κ1) is 12.9. The van der Waals surface area contributed by atoms with E-state index in [1.165, 1.54) is 32.5 Å². The predicted molar refractivity (Wildman–Crippen MR) is 66.0 cm³/mol. The van der Waals surface area contributed by atoms with E-state index in [1.807, 2.05) is 0 Å². The predicted octanol–water partition coefficient (Wildman–Crippen LogP) is 1.22. The normalized spacial score (nSPS) is 19.0. The summed E-state index contributed by atoms with van der Waals surface area (Å²) < 4.78 is 0. The van der Waals surface area contributed by atoms with Crippen molar-refractivity contribution in [2.45, 2.75) is 26.7 Å². The molecule has 0 atom stereocenters. The van der Waals surface area contributed by atoms with E-state index >= 15 is 0 Å². The average molecular weight is 213 g/mol. The molecule has 90 valence electrons. The summed E-state index contributed by atoms with van der Waals surface area (Å²) in [5, 5.41) is 3.39. The SMILES string of the molecule is CC(C)CCCN(C)CN1CCNCC1. The third-order valence-corrected chi connectivity index (χ3v) is 2.97. The van der Waals surface area contributed by atoms with Crippen LogP contribution in [-0.2, 0) is 0 Å². The maximum Gasteiger partial charge on any atom is 0.0504 e. The Morgan fingerprint density at radius 1 is 1.27 bits per heavy atom. The first-order valence-electron chi connectivity index (χ1n) is 6.30. The highest BCUT2D eigenvalue weighted by atomic mass is 15.3. The van der Waals surface area contributed by atoms with E-state index in [4.69, 9.17) is 0 Å². The van der Waals surface area contributed by atoms with Crippen molar-refractivity contribution in [3.63, 3.8) is 0 Å². The molecule has 0 unspecified atom stereocenters. The number of hydrogen-bond donors (Lipinski definition) is 1. The molecule has 1 fully saturated rings. The van der Waals surface area contributed by atoms with Crippen LogP contribution in [0.25, 0.3) is 0 Å². The fourth-order valence-corrected chi connectivity index (χ4v) is 2.03. The van der Waals surface area contributed by atoms with Crippen molar-refractivity contribution in [1.29, 1.82) is 0 Å². The Morgan fingerprint density at radius 2 is 1.93 bits per heavy atom. The zero-order chi connectivity index (χ0) is 11.1. The second kappa shape index (κ2) is 7.20. The van der Waals surface area contributed by atoms with Crippen LogP contribution in [0.1, 0.15) is 26.7 Å². The molecule has 1 N–H and O–H groups in total. The van der Waals surface area contributed by atoms with Crippen LogP contribution >= 0.6 is 0 Å². The van der Waals surface area contributed by atoms with Gasteiger partial charge < -0.3 is 5.32 Å². The quantitative estimate of drug-likeness (QED) is 0.716. The van der Waals surface area contributed by atoms with Crippen molar-refractivity contribution in [3.8, 4) is 0 Å². The van der Waals surface area contributed by atoms with Crippen LogP contribution in [0.2, 0.25) is 0 Å². The molecule has 0 spiro atoms. The Balaban J connectivity index is 2.03. The molecule has 0 saturated carbocycles. The summed E-state index contributed by atoms with van der Waals surface area (Å²) in [5.41, 5.74) is 0. The fraction of sp³-hybridized carbons (Fsp3) is 1.00. The lowest BCUT2D eigenvalue weighted by Crippen LogP contribution is -2.47. The van der Waals surface area contributed by atoms with E-state index in [0.717, 1.165) is 25.7 Å². The maximum atomic E-state index is 3.39. The standard InChI is InChI=1S/C12H27N3/c1-12(2)5-4-8-14(3)11-15-9-6-13-7-10-15/h12-13H,4-11H2,1-3H3. The molecule has 0 aliphatic carbocycles. The molecular weight excluding hydrogens is 186 g/mol. The molecule has 1 rings (SSSR count).